The SMILES string of the molecule is CC(C)(N)CCC(=O)NCC(C)(O)C(=O)O. The predicted octanol–water partition coefficient (Wildman–Crippen LogP) is -0.544. The van der Waals surface area contributed by atoms with Crippen LogP contribution >= 0.6 is 0 Å². The van der Waals surface area contributed by atoms with Gasteiger partial charge in [0.1, 0.15) is 0 Å². The standard InChI is InChI=1S/C10H20N2O4/c1-9(2,11)5-4-7(13)12-6-10(3,16)8(14)15/h16H,4-6,11H2,1-3H3,(H,12,13)(H,14,15). The zero-order chi connectivity index (χ0) is 13.0. The molecule has 94 valence electrons. The Bertz CT molecular complexity index is 268. The molecule has 6 nitrogen and oxygen atoms in total. The van der Waals surface area contributed by atoms with Crippen molar-refractivity contribution < 1.29 is 19.8 Å². The molecule has 0 saturated heterocycles. The summed E-state index contributed by atoms with van der Waals surface area (Å²) in [7, 11) is 0. The van der Waals surface area contributed by atoms with Crippen LogP contribution < -0.4 is 11.1 Å². The van der Waals surface area contributed by atoms with E-state index in [9.17, 15) is 14.7 Å². The van der Waals surface area contributed by atoms with E-state index in [-0.39, 0.29) is 18.9 Å². The normalized spacial score (nSPS) is 15.3. The molecule has 0 rings (SSSR count). The van der Waals surface area contributed by atoms with Crippen molar-refractivity contribution in [1.82, 2.24) is 5.32 Å². The highest BCUT2D eigenvalue weighted by Crippen LogP contribution is 2.07. The Kier molecular flexibility index (Phi) is 4.89. The molecule has 0 radical (unpaired) electrons. The van der Waals surface area contributed by atoms with Crippen LogP contribution in [0.25, 0.3) is 0 Å². The topological polar surface area (TPSA) is 113 Å². The number of carbonyl (C=O) groups excluding carboxylic acids is 1. The second-order valence-corrected chi connectivity index (χ2v) is 4.84. The number of aliphatic carboxylic acids is 1. The highest BCUT2D eigenvalue weighted by atomic mass is 16.4. The van der Waals surface area contributed by atoms with E-state index in [2.05, 4.69) is 5.32 Å². The molecule has 0 aliphatic carbocycles. The smallest absolute Gasteiger partial charge is 0.337 e. The number of rotatable bonds is 6. The van der Waals surface area contributed by atoms with Crippen LogP contribution in [0.4, 0.5) is 0 Å². The molecule has 0 fully saturated rings. The average molecular weight is 232 g/mol. The molecular weight excluding hydrogens is 212 g/mol. The Hall–Kier alpha value is -1.14. The van der Waals surface area contributed by atoms with E-state index >= 15 is 0 Å². The Morgan fingerprint density at radius 2 is 1.81 bits per heavy atom. The molecule has 0 aliphatic heterocycles. The highest BCUT2D eigenvalue weighted by molar-refractivity contribution is 5.80. The predicted molar refractivity (Wildman–Crippen MR) is 58.8 cm³/mol. The third-order valence-corrected chi connectivity index (χ3v) is 2.09. The lowest BCUT2D eigenvalue weighted by molar-refractivity contribution is -0.156. The third-order valence-electron chi connectivity index (χ3n) is 2.09. The first-order valence-corrected chi connectivity index (χ1v) is 5.06. The van der Waals surface area contributed by atoms with Gasteiger partial charge >= 0.3 is 5.97 Å². The van der Waals surface area contributed by atoms with Gasteiger partial charge < -0.3 is 21.3 Å². The number of nitrogens with one attached hydrogen (secondary N) is 1. The molecule has 0 aromatic carbocycles. The first kappa shape index (κ1) is 14.9. The van der Waals surface area contributed by atoms with Crippen molar-refractivity contribution in [2.75, 3.05) is 6.54 Å². The molecular formula is C10H20N2O4. The molecule has 0 aromatic heterocycles. The lowest BCUT2D eigenvalue weighted by Gasteiger charge is -2.20. The van der Waals surface area contributed by atoms with Crippen LogP contribution in [0.3, 0.4) is 0 Å². The Labute approximate surface area is 94.8 Å². The monoisotopic (exact) mass is 232 g/mol. The van der Waals surface area contributed by atoms with Gasteiger partial charge in [0.05, 0.1) is 6.54 Å². The molecule has 0 aromatic rings. The first-order chi connectivity index (χ1) is 7.04. The first-order valence-electron chi connectivity index (χ1n) is 5.06. The fraction of sp³-hybridized carbons (Fsp3) is 0.800. The van der Waals surface area contributed by atoms with E-state index in [4.69, 9.17) is 10.8 Å². The fourth-order valence-electron chi connectivity index (χ4n) is 0.870. The van der Waals surface area contributed by atoms with Crippen molar-refractivity contribution >= 4 is 11.9 Å². The summed E-state index contributed by atoms with van der Waals surface area (Å²) in [6.45, 7) is 4.41. The van der Waals surface area contributed by atoms with Gasteiger partial charge in [-0.1, -0.05) is 0 Å². The summed E-state index contributed by atoms with van der Waals surface area (Å²) in [6.07, 6.45) is 0.702. The van der Waals surface area contributed by atoms with Gasteiger partial charge in [-0.25, -0.2) is 4.79 Å². The highest BCUT2D eigenvalue weighted by Gasteiger charge is 2.30. The Balaban J connectivity index is 3.96. The van der Waals surface area contributed by atoms with E-state index in [1.165, 1.54) is 0 Å². The minimum Gasteiger partial charge on any atom is -0.479 e. The summed E-state index contributed by atoms with van der Waals surface area (Å²) in [5.41, 5.74) is 3.32. The van der Waals surface area contributed by atoms with Gasteiger partial charge in [0.2, 0.25) is 5.91 Å². The quantitative estimate of drug-likeness (QED) is 0.491. The maximum Gasteiger partial charge on any atom is 0.337 e. The van der Waals surface area contributed by atoms with Gasteiger partial charge in [-0.3, -0.25) is 4.79 Å². The van der Waals surface area contributed by atoms with Crippen LogP contribution in [0.1, 0.15) is 33.6 Å². The number of carboxylic acid groups (broad SMARTS) is 1. The zero-order valence-corrected chi connectivity index (χ0v) is 9.91. The van der Waals surface area contributed by atoms with Crippen molar-refractivity contribution in [3.05, 3.63) is 0 Å². The molecule has 1 unspecified atom stereocenters. The number of hydrogen-bond acceptors (Lipinski definition) is 4. The van der Waals surface area contributed by atoms with Gasteiger partial charge in [0.15, 0.2) is 5.60 Å². The van der Waals surface area contributed by atoms with Crippen LogP contribution in [0.2, 0.25) is 0 Å². The molecule has 0 heterocycles. The summed E-state index contributed by atoms with van der Waals surface area (Å²) >= 11 is 0. The minimum absolute atomic E-state index is 0.208. The molecule has 0 saturated carbocycles. The minimum atomic E-state index is -1.94. The molecule has 5 N–H and O–H groups in total. The van der Waals surface area contributed by atoms with Crippen molar-refractivity contribution in [2.45, 2.75) is 44.8 Å². The maximum absolute atomic E-state index is 11.3. The second-order valence-electron chi connectivity index (χ2n) is 4.84. The van der Waals surface area contributed by atoms with E-state index in [1.807, 2.05) is 0 Å². The maximum atomic E-state index is 11.3. The number of carbonyl (C=O) groups is 2. The number of aliphatic hydroxyl groups is 1. The lowest BCUT2D eigenvalue weighted by Crippen LogP contribution is -2.46. The summed E-state index contributed by atoms with van der Waals surface area (Å²) < 4.78 is 0. The zero-order valence-electron chi connectivity index (χ0n) is 9.91. The molecule has 0 spiro atoms. The van der Waals surface area contributed by atoms with Crippen molar-refractivity contribution in [2.24, 2.45) is 5.73 Å². The molecule has 1 atom stereocenters. The number of carboxylic acids is 1. The van der Waals surface area contributed by atoms with Crippen molar-refractivity contribution in [1.29, 1.82) is 0 Å². The molecule has 6 heteroatoms. The van der Waals surface area contributed by atoms with E-state index in [1.54, 1.807) is 13.8 Å². The molecule has 0 bridgehead atoms. The van der Waals surface area contributed by atoms with Crippen LogP contribution in [0.5, 0.6) is 0 Å². The molecule has 16 heavy (non-hydrogen) atoms. The van der Waals surface area contributed by atoms with Crippen LogP contribution in [0.15, 0.2) is 0 Å². The third kappa shape index (κ3) is 6.36. The summed E-state index contributed by atoms with van der Waals surface area (Å²) in [4.78, 5) is 21.8. The number of nitrogens with two attached hydrogens (primary N) is 1. The Morgan fingerprint density at radius 1 is 1.31 bits per heavy atom. The largest absolute Gasteiger partial charge is 0.479 e. The lowest BCUT2D eigenvalue weighted by atomic mass is 10.00. The second kappa shape index (κ2) is 5.27. The van der Waals surface area contributed by atoms with Gasteiger partial charge in [0.25, 0.3) is 0 Å². The number of hydrogen-bond donors (Lipinski definition) is 4. The van der Waals surface area contributed by atoms with Gasteiger partial charge in [-0.15, -0.1) is 0 Å². The van der Waals surface area contributed by atoms with Crippen LogP contribution in [-0.2, 0) is 9.59 Å². The van der Waals surface area contributed by atoms with Crippen molar-refractivity contribution in [3.8, 4) is 0 Å². The van der Waals surface area contributed by atoms with E-state index in [0.29, 0.717) is 6.42 Å². The van der Waals surface area contributed by atoms with E-state index < -0.39 is 17.1 Å². The average Bonchev–Trinajstić information content (AvgIpc) is 2.10. The summed E-state index contributed by atoms with van der Waals surface area (Å²) in [5, 5.41) is 20.3. The molecule has 1 amide bonds. The van der Waals surface area contributed by atoms with Gasteiger partial charge in [0, 0.05) is 12.0 Å². The van der Waals surface area contributed by atoms with E-state index in [0.717, 1.165) is 6.92 Å². The van der Waals surface area contributed by atoms with Gasteiger partial charge in [-0.2, -0.15) is 0 Å². The van der Waals surface area contributed by atoms with Crippen LogP contribution in [-0.4, -0.2) is 39.8 Å². The summed E-state index contributed by atoms with van der Waals surface area (Å²) in [5.74, 6) is -1.69. The number of amides is 1. The Morgan fingerprint density at radius 3 is 2.19 bits per heavy atom. The molecule has 0 aliphatic rings. The van der Waals surface area contributed by atoms with Crippen molar-refractivity contribution in [3.63, 3.8) is 0 Å². The van der Waals surface area contributed by atoms with Crippen LogP contribution in [0, 0.1) is 0 Å². The summed E-state index contributed by atoms with van der Waals surface area (Å²) in [6, 6.07) is 0. The van der Waals surface area contributed by atoms with Gasteiger partial charge in [-0.05, 0) is 27.2 Å². The fourth-order valence-corrected chi connectivity index (χ4v) is 0.870.